The minimum absolute atomic E-state index is 0.117. The van der Waals surface area contributed by atoms with Gasteiger partial charge in [0.05, 0.1) is 5.56 Å². The molecule has 12 heteroatoms. The van der Waals surface area contributed by atoms with Crippen molar-refractivity contribution >= 4 is 27.8 Å². The van der Waals surface area contributed by atoms with Gasteiger partial charge in [0, 0.05) is 49.5 Å². The second-order valence-corrected chi connectivity index (χ2v) is 12.1. The van der Waals surface area contributed by atoms with Crippen molar-refractivity contribution in [3.8, 4) is 11.8 Å². The first-order chi connectivity index (χ1) is 20.4. The molecule has 1 aliphatic rings. The van der Waals surface area contributed by atoms with Crippen LogP contribution in [0, 0.1) is 29.4 Å². The van der Waals surface area contributed by atoms with Crippen molar-refractivity contribution in [1.29, 1.82) is 0 Å². The summed E-state index contributed by atoms with van der Waals surface area (Å²) in [5, 5.41) is 11.9. The Kier molecular flexibility index (Phi) is 10.1. The number of nitrogens with zero attached hydrogens (tertiary/aromatic N) is 2. The van der Waals surface area contributed by atoms with Gasteiger partial charge >= 0.3 is 5.97 Å². The summed E-state index contributed by atoms with van der Waals surface area (Å²) in [4.78, 5) is 26.0. The topological polar surface area (TPSA) is 119 Å². The van der Waals surface area contributed by atoms with Crippen LogP contribution in [-0.4, -0.2) is 61.9 Å². The SMILES string of the molecule is CC(C)[C@@H](NS(=O)(=O)N1CCN(c2ccc(C#Cc3ccc(F)c(C(=O)NCc4ccc(F)cc4)c3)cc2)CC1)C(=O)O. The lowest BCUT2D eigenvalue weighted by atomic mass is 10.1. The summed E-state index contributed by atoms with van der Waals surface area (Å²) in [5.74, 6) is 2.64. The van der Waals surface area contributed by atoms with Gasteiger partial charge in [0.2, 0.25) is 0 Å². The number of hydrogen-bond acceptors (Lipinski definition) is 5. The van der Waals surface area contributed by atoms with Crippen molar-refractivity contribution < 1.29 is 31.9 Å². The van der Waals surface area contributed by atoms with Crippen LogP contribution in [0.2, 0.25) is 0 Å². The van der Waals surface area contributed by atoms with E-state index in [2.05, 4.69) is 21.9 Å². The van der Waals surface area contributed by atoms with Crippen LogP contribution < -0.4 is 14.9 Å². The van der Waals surface area contributed by atoms with Crippen molar-refractivity contribution in [2.24, 2.45) is 5.92 Å². The van der Waals surface area contributed by atoms with Gasteiger partial charge in [-0.1, -0.05) is 37.8 Å². The molecular weight excluding hydrogens is 578 g/mol. The van der Waals surface area contributed by atoms with Crippen LogP contribution in [0.1, 0.15) is 40.9 Å². The van der Waals surface area contributed by atoms with Crippen LogP contribution in [0.4, 0.5) is 14.5 Å². The lowest BCUT2D eigenvalue weighted by Crippen LogP contribution is -2.55. The average Bonchev–Trinajstić information content (AvgIpc) is 2.99. The van der Waals surface area contributed by atoms with Crippen LogP contribution in [0.15, 0.2) is 66.7 Å². The van der Waals surface area contributed by atoms with E-state index in [1.807, 2.05) is 29.2 Å². The second kappa shape index (κ2) is 13.8. The molecular formula is C31H32F2N4O5S. The Hall–Kier alpha value is -4.31. The number of carbonyl (C=O) groups is 2. The summed E-state index contributed by atoms with van der Waals surface area (Å²) in [5.41, 5.74) is 2.54. The second-order valence-electron chi connectivity index (χ2n) is 10.4. The van der Waals surface area contributed by atoms with Crippen molar-refractivity contribution in [3.05, 3.63) is 101 Å². The van der Waals surface area contributed by atoms with E-state index in [4.69, 9.17) is 0 Å². The molecule has 3 aromatic carbocycles. The Bertz CT molecular complexity index is 1630. The highest BCUT2D eigenvalue weighted by molar-refractivity contribution is 7.87. The molecule has 0 aromatic heterocycles. The van der Waals surface area contributed by atoms with Crippen molar-refractivity contribution in [2.45, 2.75) is 26.4 Å². The molecule has 3 N–H and O–H groups in total. The predicted octanol–water partition coefficient (Wildman–Crippen LogP) is 3.36. The fourth-order valence-corrected chi connectivity index (χ4v) is 5.94. The molecule has 0 saturated carbocycles. The third-order valence-electron chi connectivity index (χ3n) is 6.95. The molecule has 1 fully saturated rings. The lowest BCUT2D eigenvalue weighted by molar-refractivity contribution is -0.140. The molecule has 1 saturated heterocycles. The molecule has 1 amide bonds. The maximum atomic E-state index is 14.4. The first-order valence-electron chi connectivity index (χ1n) is 13.6. The summed E-state index contributed by atoms with van der Waals surface area (Å²) in [7, 11) is -3.95. The summed E-state index contributed by atoms with van der Waals surface area (Å²) >= 11 is 0. The summed E-state index contributed by atoms with van der Waals surface area (Å²) < 4.78 is 56.4. The third-order valence-corrected chi connectivity index (χ3v) is 8.54. The highest BCUT2D eigenvalue weighted by Gasteiger charge is 2.33. The number of benzene rings is 3. The van der Waals surface area contributed by atoms with Gasteiger partial charge in [0.15, 0.2) is 0 Å². The van der Waals surface area contributed by atoms with Crippen molar-refractivity contribution in [3.63, 3.8) is 0 Å². The van der Waals surface area contributed by atoms with E-state index in [1.54, 1.807) is 13.8 Å². The Labute approximate surface area is 249 Å². The van der Waals surface area contributed by atoms with E-state index in [9.17, 15) is 31.9 Å². The number of piperazine rings is 1. The predicted molar refractivity (Wildman–Crippen MR) is 158 cm³/mol. The molecule has 0 radical (unpaired) electrons. The van der Waals surface area contributed by atoms with E-state index in [-0.39, 0.29) is 31.0 Å². The fraction of sp³-hybridized carbons (Fsp3) is 0.290. The van der Waals surface area contributed by atoms with Gasteiger partial charge in [0.25, 0.3) is 16.1 Å². The highest BCUT2D eigenvalue weighted by atomic mass is 32.2. The number of amides is 1. The van der Waals surface area contributed by atoms with Gasteiger partial charge < -0.3 is 15.3 Å². The van der Waals surface area contributed by atoms with Crippen LogP contribution in [0.3, 0.4) is 0 Å². The lowest BCUT2D eigenvalue weighted by Gasteiger charge is -2.36. The third kappa shape index (κ3) is 8.38. The molecule has 226 valence electrons. The minimum Gasteiger partial charge on any atom is -0.480 e. The molecule has 1 aliphatic heterocycles. The quantitative estimate of drug-likeness (QED) is 0.320. The Balaban J connectivity index is 1.35. The van der Waals surface area contributed by atoms with Gasteiger partial charge in [-0.15, -0.1) is 0 Å². The zero-order valence-electron chi connectivity index (χ0n) is 23.7. The zero-order chi connectivity index (χ0) is 31.1. The van der Waals surface area contributed by atoms with E-state index in [0.717, 1.165) is 5.69 Å². The van der Waals surface area contributed by atoms with E-state index >= 15 is 0 Å². The van der Waals surface area contributed by atoms with Gasteiger partial charge in [-0.05, 0) is 66.1 Å². The smallest absolute Gasteiger partial charge is 0.322 e. The largest absolute Gasteiger partial charge is 0.480 e. The molecule has 1 atom stereocenters. The maximum Gasteiger partial charge on any atom is 0.322 e. The van der Waals surface area contributed by atoms with E-state index < -0.39 is 39.9 Å². The number of carboxylic acid groups (broad SMARTS) is 1. The van der Waals surface area contributed by atoms with Gasteiger partial charge in [0.1, 0.15) is 17.7 Å². The van der Waals surface area contributed by atoms with Crippen LogP contribution in [0.5, 0.6) is 0 Å². The minimum atomic E-state index is -3.95. The number of halogens is 2. The number of hydrogen-bond donors (Lipinski definition) is 3. The number of aliphatic carboxylic acids is 1. The number of carboxylic acids is 1. The van der Waals surface area contributed by atoms with Crippen LogP contribution in [-0.2, 0) is 21.5 Å². The number of rotatable bonds is 9. The van der Waals surface area contributed by atoms with Gasteiger partial charge in [-0.3, -0.25) is 9.59 Å². The fourth-order valence-electron chi connectivity index (χ4n) is 4.45. The Morgan fingerprint density at radius 3 is 2.12 bits per heavy atom. The molecule has 4 rings (SSSR count). The normalized spacial score (nSPS) is 14.6. The van der Waals surface area contributed by atoms with Crippen LogP contribution in [0.25, 0.3) is 0 Å². The molecule has 43 heavy (non-hydrogen) atoms. The summed E-state index contributed by atoms with van der Waals surface area (Å²) in [6.45, 7) is 4.65. The molecule has 0 unspecified atom stereocenters. The molecule has 1 heterocycles. The maximum absolute atomic E-state index is 14.4. The summed E-state index contributed by atoms with van der Waals surface area (Å²) in [6.07, 6.45) is 0. The molecule has 9 nitrogen and oxygen atoms in total. The summed E-state index contributed by atoms with van der Waals surface area (Å²) in [6, 6.07) is 15.8. The Morgan fingerprint density at radius 1 is 0.907 bits per heavy atom. The first-order valence-corrected chi connectivity index (χ1v) is 15.1. The van der Waals surface area contributed by atoms with Crippen molar-refractivity contribution in [1.82, 2.24) is 14.3 Å². The van der Waals surface area contributed by atoms with E-state index in [0.29, 0.717) is 29.8 Å². The molecule has 0 bridgehead atoms. The van der Waals surface area contributed by atoms with Crippen molar-refractivity contribution in [2.75, 3.05) is 31.1 Å². The van der Waals surface area contributed by atoms with E-state index in [1.165, 1.54) is 46.8 Å². The number of anilines is 1. The highest BCUT2D eigenvalue weighted by Crippen LogP contribution is 2.19. The van der Waals surface area contributed by atoms with Gasteiger partial charge in [-0.25, -0.2) is 8.78 Å². The molecule has 3 aromatic rings. The molecule has 0 spiro atoms. The Morgan fingerprint density at radius 2 is 1.51 bits per heavy atom. The van der Waals surface area contributed by atoms with Gasteiger partial charge in [-0.2, -0.15) is 17.4 Å². The van der Waals surface area contributed by atoms with Crippen LogP contribution >= 0.6 is 0 Å². The monoisotopic (exact) mass is 610 g/mol. The number of carbonyl (C=O) groups excluding carboxylic acids is 1. The zero-order valence-corrected chi connectivity index (χ0v) is 24.5. The first kappa shape index (κ1) is 31.6. The average molecular weight is 611 g/mol. The number of nitrogens with one attached hydrogen (secondary N) is 2. The standard InChI is InChI=1S/C31H32F2N4O5S/c1-21(2)29(31(39)40)35-43(41,42)37-17-15-36(16-18-37)26-12-7-22(8-13-26)3-4-23-9-14-28(33)27(19-23)30(38)34-20-24-5-10-25(32)11-6-24/h5-14,19,21,29,35H,15-18,20H2,1-2H3,(H,34,38)(H,39,40)/t29-/m1/s1. The molecule has 0 aliphatic carbocycles.